The second kappa shape index (κ2) is 4.73. The highest BCUT2D eigenvalue weighted by Gasteiger charge is 2.33. The van der Waals surface area contributed by atoms with Crippen LogP contribution in [-0.4, -0.2) is 0 Å². The van der Waals surface area contributed by atoms with Gasteiger partial charge in [0.05, 0.1) is 6.04 Å². The molecule has 0 amide bonds. The fourth-order valence-corrected chi connectivity index (χ4v) is 3.11. The third kappa shape index (κ3) is 2.41. The molecule has 0 aliphatic heterocycles. The lowest BCUT2D eigenvalue weighted by Crippen LogP contribution is -2.12. The molecule has 1 aliphatic carbocycles. The largest absolute Gasteiger partial charge is 0.377 e. The Hall–Kier alpha value is -1.35. The Balaban J connectivity index is 1.86. The van der Waals surface area contributed by atoms with Crippen molar-refractivity contribution in [1.29, 1.82) is 0 Å². The van der Waals surface area contributed by atoms with Crippen molar-refractivity contribution in [3.8, 4) is 0 Å². The van der Waals surface area contributed by atoms with Gasteiger partial charge in [-0.05, 0) is 54.8 Å². The molecule has 1 N–H and O–H groups in total. The molecule has 0 bridgehead atoms. The van der Waals surface area contributed by atoms with E-state index in [0.717, 1.165) is 11.3 Å². The van der Waals surface area contributed by atoms with Crippen molar-refractivity contribution < 1.29 is 4.39 Å². The minimum Gasteiger partial charge on any atom is -0.377 e. The van der Waals surface area contributed by atoms with Gasteiger partial charge in [-0.3, -0.25) is 0 Å². The van der Waals surface area contributed by atoms with Crippen LogP contribution in [0.2, 0.25) is 0 Å². The van der Waals surface area contributed by atoms with E-state index in [1.807, 2.05) is 13.0 Å². The number of halogens is 1. The molecule has 94 valence electrons. The SMILES string of the molecule is Cc1ccc(F)cc1NC(c1cccs1)C1CC1. The lowest BCUT2D eigenvalue weighted by Gasteiger charge is -2.19. The number of anilines is 1. The Morgan fingerprint density at radius 3 is 2.83 bits per heavy atom. The van der Waals surface area contributed by atoms with Crippen molar-refractivity contribution in [2.45, 2.75) is 25.8 Å². The second-order valence-corrected chi connectivity index (χ2v) is 5.91. The zero-order valence-corrected chi connectivity index (χ0v) is 11.1. The molecule has 1 saturated carbocycles. The molecule has 1 nitrogen and oxygen atoms in total. The van der Waals surface area contributed by atoms with Gasteiger partial charge >= 0.3 is 0 Å². The Morgan fingerprint density at radius 2 is 2.17 bits per heavy atom. The summed E-state index contributed by atoms with van der Waals surface area (Å²) in [5, 5.41) is 5.62. The zero-order valence-electron chi connectivity index (χ0n) is 10.3. The Morgan fingerprint density at radius 1 is 1.33 bits per heavy atom. The van der Waals surface area contributed by atoms with Crippen LogP contribution < -0.4 is 5.32 Å². The number of thiophene rings is 1. The molecule has 1 heterocycles. The smallest absolute Gasteiger partial charge is 0.125 e. The summed E-state index contributed by atoms with van der Waals surface area (Å²) in [6.45, 7) is 2.01. The van der Waals surface area contributed by atoms with Gasteiger partial charge in [-0.25, -0.2) is 4.39 Å². The summed E-state index contributed by atoms with van der Waals surface area (Å²) >= 11 is 1.77. The lowest BCUT2D eigenvalue weighted by atomic mass is 10.1. The van der Waals surface area contributed by atoms with Crippen LogP contribution in [0.4, 0.5) is 10.1 Å². The van der Waals surface area contributed by atoms with Gasteiger partial charge in [-0.2, -0.15) is 0 Å². The van der Waals surface area contributed by atoms with Gasteiger partial charge in [-0.15, -0.1) is 11.3 Å². The van der Waals surface area contributed by atoms with E-state index in [4.69, 9.17) is 0 Å². The molecule has 1 aliphatic rings. The van der Waals surface area contributed by atoms with Crippen LogP contribution in [-0.2, 0) is 0 Å². The average molecular weight is 261 g/mol. The van der Waals surface area contributed by atoms with Gasteiger partial charge in [0.25, 0.3) is 0 Å². The maximum absolute atomic E-state index is 13.3. The van der Waals surface area contributed by atoms with E-state index in [1.165, 1.54) is 23.8 Å². The molecule has 1 aromatic carbocycles. The molecule has 18 heavy (non-hydrogen) atoms. The molecule has 3 rings (SSSR count). The van der Waals surface area contributed by atoms with Gasteiger partial charge in [-0.1, -0.05) is 12.1 Å². The number of benzene rings is 1. The molecule has 1 aromatic heterocycles. The predicted octanol–water partition coefficient (Wildman–Crippen LogP) is 4.76. The number of hydrogen-bond acceptors (Lipinski definition) is 2. The highest BCUT2D eigenvalue weighted by Crippen LogP contribution is 2.44. The molecule has 1 fully saturated rings. The summed E-state index contributed by atoms with van der Waals surface area (Å²) in [5.74, 6) is 0.523. The Bertz CT molecular complexity index is 531. The molecule has 0 spiro atoms. The summed E-state index contributed by atoms with van der Waals surface area (Å²) in [4.78, 5) is 1.35. The number of aryl methyl sites for hydroxylation is 1. The highest BCUT2D eigenvalue weighted by molar-refractivity contribution is 7.10. The minimum atomic E-state index is -0.177. The average Bonchev–Trinajstić information content (AvgIpc) is 3.05. The van der Waals surface area contributed by atoms with Crippen molar-refractivity contribution in [2.24, 2.45) is 5.92 Å². The van der Waals surface area contributed by atoms with Crippen LogP contribution in [0.5, 0.6) is 0 Å². The second-order valence-electron chi connectivity index (χ2n) is 4.93. The van der Waals surface area contributed by atoms with E-state index < -0.39 is 0 Å². The molecular formula is C15H16FNS. The van der Waals surface area contributed by atoms with Gasteiger partial charge in [0, 0.05) is 10.6 Å². The van der Waals surface area contributed by atoms with Gasteiger partial charge < -0.3 is 5.32 Å². The van der Waals surface area contributed by atoms with E-state index in [2.05, 4.69) is 22.8 Å². The third-order valence-electron chi connectivity index (χ3n) is 3.45. The summed E-state index contributed by atoms with van der Waals surface area (Å²) in [6, 6.07) is 9.52. The molecule has 2 aromatic rings. The predicted molar refractivity (Wildman–Crippen MR) is 74.5 cm³/mol. The Labute approximate surface area is 111 Å². The maximum atomic E-state index is 13.3. The third-order valence-corrected chi connectivity index (χ3v) is 4.41. The summed E-state index contributed by atoms with van der Waals surface area (Å²) in [6.07, 6.45) is 2.54. The molecule has 3 heteroatoms. The van der Waals surface area contributed by atoms with Crippen LogP contribution in [0.15, 0.2) is 35.7 Å². The first-order valence-electron chi connectivity index (χ1n) is 6.30. The quantitative estimate of drug-likeness (QED) is 0.836. The fourth-order valence-electron chi connectivity index (χ4n) is 2.24. The normalized spacial score (nSPS) is 16.6. The van der Waals surface area contributed by atoms with Crippen molar-refractivity contribution in [1.82, 2.24) is 0 Å². The van der Waals surface area contributed by atoms with Crippen molar-refractivity contribution >= 4 is 17.0 Å². The fraction of sp³-hybridized carbons (Fsp3) is 0.333. The topological polar surface area (TPSA) is 12.0 Å². The minimum absolute atomic E-state index is 0.177. The molecular weight excluding hydrogens is 245 g/mol. The van der Waals surface area contributed by atoms with E-state index in [-0.39, 0.29) is 5.82 Å². The summed E-state index contributed by atoms with van der Waals surface area (Å²) < 4.78 is 13.3. The van der Waals surface area contributed by atoms with Crippen molar-refractivity contribution in [3.63, 3.8) is 0 Å². The van der Waals surface area contributed by atoms with E-state index in [1.54, 1.807) is 17.4 Å². The Kier molecular flexibility index (Phi) is 3.08. The first-order chi connectivity index (χ1) is 8.74. The van der Waals surface area contributed by atoms with Gasteiger partial charge in [0.15, 0.2) is 0 Å². The summed E-state index contributed by atoms with van der Waals surface area (Å²) in [5.41, 5.74) is 2.01. The lowest BCUT2D eigenvalue weighted by molar-refractivity contribution is 0.626. The number of hydrogen-bond donors (Lipinski definition) is 1. The first kappa shape index (κ1) is 11.7. The highest BCUT2D eigenvalue weighted by atomic mass is 32.1. The molecule has 0 saturated heterocycles. The number of rotatable bonds is 4. The van der Waals surface area contributed by atoms with Crippen LogP contribution in [0.3, 0.4) is 0 Å². The molecule has 1 unspecified atom stereocenters. The first-order valence-corrected chi connectivity index (χ1v) is 7.18. The van der Waals surface area contributed by atoms with Crippen LogP contribution in [0.25, 0.3) is 0 Å². The van der Waals surface area contributed by atoms with Gasteiger partial charge in [0.2, 0.25) is 0 Å². The van der Waals surface area contributed by atoms with Crippen molar-refractivity contribution in [3.05, 3.63) is 52.0 Å². The zero-order chi connectivity index (χ0) is 12.5. The maximum Gasteiger partial charge on any atom is 0.125 e. The van der Waals surface area contributed by atoms with Crippen LogP contribution in [0, 0.1) is 18.7 Å². The molecule has 0 radical (unpaired) electrons. The monoisotopic (exact) mass is 261 g/mol. The number of nitrogens with one attached hydrogen (secondary N) is 1. The van der Waals surface area contributed by atoms with E-state index in [0.29, 0.717) is 12.0 Å². The summed E-state index contributed by atoms with van der Waals surface area (Å²) in [7, 11) is 0. The van der Waals surface area contributed by atoms with Crippen LogP contribution in [0.1, 0.15) is 29.3 Å². The van der Waals surface area contributed by atoms with Gasteiger partial charge in [0.1, 0.15) is 5.82 Å². The molecule has 1 atom stereocenters. The van der Waals surface area contributed by atoms with E-state index in [9.17, 15) is 4.39 Å². The van der Waals surface area contributed by atoms with Crippen LogP contribution >= 0.6 is 11.3 Å². The standard InChI is InChI=1S/C15H16FNS/c1-10-4-7-12(16)9-13(10)17-15(11-5-6-11)14-3-2-8-18-14/h2-4,7-9,11,15,17H,5-6H2,1H3. The van der Waals surface area contributed by atoms with Crippen molar-refractivity contribution in [2.75, 3.05) is 5.32 Å². The van der Waals surface area contributed by atoms with E-state index >= 15 is 0 Å².